The molecule has 8 heteroatoms. The van der Waals surface area contributed by atoms with Gasteiger partial charge in [-0.3, -0.25) is 9.89 Å². The van der Waals surface area contributed by atoms with Gasteiger partial charge in [-0.05, 0) is 26.1 Å². The number of hydrogen-bond donors (Lipinski definition) is 1. The Labute approximate surface area is 106 Å². The van der Waals surface area contributed by atoms with Crippen LogP contribution in [0.1, 0.15) is 16.4 Å². The number of aryl methyl sites for hydroxylation is 2. The number of aromatic nitrogens is 4. The lowest BCUT2D eigenvalue weighted by atomic mass is 10.5. The lowest BCUT2D eigenvalue weighted by Gasteiger charge is -1.97. The van der Waals surface area contributed by atoms with Gasteiger partial charge in [-0.2, -0.15) is 14.9 Å². The van der Waals surface area contributed by atoms with Gasteiger partial charge in [-0.15, -0.1) is 11.3 Å². The fourth-order valence-electron chi connectivity index (χ4n) is 1.13. The monoisotopic (exact) mass is 267 g/mol. The van der Waals surface area contributed by atoms with Gasteiger partial charge in [0.05, 0.1) is 16.9 Å². The summed E-state index contributed by atoms with van der Waals surface area (Å²) in [6.07, 6.45) is 1.49. The summed E-state index contributed by atoms with van der Waals surface area (Å²) in [5, 5.41) is 13.1. The molecule has 2 heterocycles. The van der Waals surface area contributed by atoms with E-state index in [-0.39, 0.29) is 10.3 Å². The van der Waals surface area contributed by atoms with Crippen LogP contribution in [0.5, 0.6) is 0 Å². The quantitative estimate of drug-likeness (QED) is 0.656. The second kappa shape index (κ2) is 4.68. The Hall–Kier alpha value is -1.67. The molecule has 1 N–H and O–H groups in total. The van der Waals surface area contributed by atoms with Crippen molar-refractivity contribution in [1.82, 2.24) is 19.9 Å². The van der Waals surface area contributed by atoms with Gasteiger partial charge in [0.25, 0.3) is 5.56 Å². The zero-order chi connectivity index (χ0) is 12.4. The van der Waals surface area contributed by atoms with Crippen molar-refractivity contribution in [1.29, 1.82) is 0 Å². The van der Waals surface area contributed by atoms with Gasteiger partial charge in [0.1, 0.15) is 5.69 Å². The van der Waals surface area contributed by atoms with Crippen molar-refractivity contribution in [3.8, 4) is 0 Å². The highest BCUT2D eigenvalue weighted by atomic mass is 32.1. The Kier molecular flexibility index (Phi) is 3.25. The molecule has 88 valence electrons. The summed E-state index contributed by atoms with van der Waals surface area (Å²) in [6, 6.07) is 0. The molecule has 0 fully saturated rings. The second-order valence-corrected chi connectivity index (χ2v) is 4.72. The van der Waals surface area contributed by atoms with Crippen molar-refractivity contribution in [2.45, 2.75) is 13.8 Å². The van der Waals surface area contributed by atoms with Crippen molar-refractivity contribution < 1.29 is 0 Å². The van der Waals surface area contributed by atoms with E-state index >= 15 is 0 Å². The van der Waals surface area contributed by atoms with E-state index in [0.29, 0.717) is 11.4 Å². The molecular formula is C9H9N5OS2. The van der Waals surface area contributed by atoms with E-state index in [4.69, 9.17) is 12.2 Å². The molecule has 0 aromatic carbocycles. The Morgan fingerprint density at radius 2 is 2.35 bits per heavy atom. The first-order valence-electron chi connectivity index (χ1n) is 4.73. The number of rotatable bonds is 2. The van der Waals surface area contributed by atoms with Gasteiger partial charge >= 0.3 is 0 Å². The van der Waals surface area contributed by atoms with Crippen LogP contribution in [0.3, 0.4) is 0 Å². The number of nitrogens with zero attached hydrogens (tertiary/aromatic N) is 4. The summed E-state index contributed by atoms with van der Waals surface area (Å²) in [4.78, 5) is 15.9. The summed E-state index contributed by atoms with van der Waals surface area (Å²) in [5.41, 5.74) is 0.672. The lowest BCUT2D eigenvalue weighted by Crippen LogP contribution is -2.22. The van der Waals surface area contributed by atoms with Crippen LogP contribution in [0, 0.1) is 18.6 Å². The van der Waals surface area contributed by atoms with Crippen molar-refractivity contribution in [2.75, 3.05) is 0 Å². The maximum Gasteiger partial charge on any atom is 0.296 e. The minimum Gasteiger partial charge on any atom is -0.265 e. The number of H-pyrrole nitrogens is 1. The van der Waals surface area contributed by atoms with E-state index in [1.807, 2.05) is 12.3 Å². The van der Waals surface area contributed by atoms with Crippen molar-refractivity contribution in [3.05, 3.63) is 36.9 Å². The normalized spacial score (nSPS) is 11.2. The Morgan fingerprint density at radius 1 is 1.59 bits per heavy atom. The predicted octanol–water partition coefficient (Wildman–Crippen LogP) is 1.26. The molecule has 2 aromatic heterocycles. The minimum absolute atomic E-state index is 0.156. The van der Waals surface area contributed by atoms with Crippen LogP contribution in [0.2, 0.25) is 0 Å². The summed E-state index contributed by atoms with van der Waals surface area (Å²) < 4.78 is 1.25. The van der Waals surface area contributed by atoms with Crippen molar-refractivity contribution in [3.63, 3.8) is 0 Å². The van der Waals surface area contributed by atoms with Crippen LogP contribution in [0.25, 0.3) is 0 Å². The standard InChI is InChI=1S/C9H9N5OS2/c1-5-8(15)14(9(16)13-12-5)10-3-7-4-17-6(2)11-7/h3-4H,1-2H3,(H,13,16)/b10-3+. The van der Waals surface area contributed by atoms with Gasteiger partial charge in [0, 0.05) is 5.38 Å². The smallest absolute Gasteiger partial charge is 0.265 e. The lowest BCUT2D eigenvalue weighted by molar-refractivity contribution is 0.720. The van der Waals surface area contributed by atoms with E-state index in [1.165, 1.54) is 17.6 Å². The zero-order valence-electron chi connectivity index (χ0n) is 9.17. The van der Waals surface area contributed by atoms with Crippen LogP contribution in [-0.2, 0) is 0 Å². The van der Waals surface area contributed by atoms with Crippen LogP contribution in [0.15, 0.2) is 15.3 Å². The molecule has 0 amide bonds. The largest absolute Gasteiger partial charge is 0.296 e. The zero-order valence-corrected chi connectivity index (χ0v) is 10.8. The van der Waals surface area contributed by atoms with E-state index in [2.05, 4.69) is 20.3 Å². The first kappa shape index (κ1) is 11.8. The fourth-order valence-corrected chi connectivity index (χ4v) is 1.87. The first-order valence-corrected chi connectivity index (χ1v) is 6.01. The molecule has 0 atom stereocenters. The fraction of sp³-hybridized carbons (Fsp3) is 0.222. The molecule has 0 spiro atoms. The van der Waals surface area contributed by atoms with Gasteiger partial charge in [0.2, 0.25) is 4.77 Å². The third kappa shape index (κ3) is 2.53. The molecular weight excluding hydrogens is 258 g/mol. The van der Waals surface area contributed by atoms with E-state index < -0.39 is 0 Å². The summed E-state index contributed by atoms with van der Waals surface area (Å²) >= 11 is 6.45. The van der Waals surface area contributed by atoms with Crippen molar-refractivity contribution in [2.24, 2.45) is 5.10 Å². The molecule has 0 saturated heterocycles. The van der Waals surface area contributed by atoms with E-state index in [0.717, 1.165) is 9.68 Å². The summed E-state index contributed by atoms with van der Waals surface area (Å²) in [6.45, 7) is 3.49. The molecule has 0 saturated carbocycles. The number of hydrogen-bond acceptors (Lipinski definition) is 6. The number of nitrogens with one attached hydrogen (secondary N) is 1. The highest BCUT2D eigenvalue weighted by Gasteiger charge is 2.01. The van der Waals surface area contributed by atoms with Gasteiger partial charge in [-0.25, -0.2) is 4.98 Å². The summed E-state index contributed by atoms with van der Waals surface area (Å²) in [7, 11) is 0. The number of thiazole rings is 1. The van der Waals surface area contributed by atoms with Gasteiger partial charge in [-0.1, -0.05) is 0 Å². The highest BCUT2D eigenvalue weighted by Crippen LogP contribution is 2.05. The molecule has 0 aliphatic rings. The number of aromatic amines is 1. The van der Waals surface area contributed by atoms with E-state index in [1.54, 1.807) is 6.92 Å². The average molecular weight is 267 g/mol. The topological polar surface area (TPSA) is 75.9 Å². The highest BCUT2D eigenvalue weighted by molar-refractivity contribution is 7.71. The first-order chi connectivity index (χ1) is 8.08. The summed E-state index contributed by atoms with van der Waals surface area (Å²) in [5.74, 6) is 0. The molecule has 0 unspecified atom stereocenters. The maximum atomic E-state index is 11.7. The maximum absolute atomic E-state index is 11.7. The Balaban J connectivity index is 2.43. The van der Waals surface area contributed by atoms with E-state index in [9.17, 15) is 4.79 Å². The molecule has 0 radical (unpaired) electrons. The molecule has 2 rings (SSSR count). The molecule has 2 aromatic rings. The molecule has 0 bridgehead atoms. The molecule has 0 aliphatic heterocycles. The second-order valence-electron chi connectivity index (χ2n) is 3.27. The minimum atomic E-state index is -0.336. The van der Waals surface area contributed by atoms with Gasteiger partial charge in [0.15, 0.2) is 0 Å². The van der Waals surface area contributed by atoms with Crippen molar-refractivity contribution >= 4 is 29.8 Å². The third-order valence-corrected chi connectivity index (χ3v) is 3.01. The van der Waals surface area contributed by atoms with Crippen LogP contribution >= 0.6 is 23.6 Å². The van der Waals surface area contributed by atoms with Gasteiger partial charge < -0.3 is 0 Å². The molecule has 0 aliphatic carbocycles. The molecule has 17 heavy (non-hydrogen) atoms. The third-order valence-electron chi connectivity index (χ3n) is 1.96. The predicted molar refractivity (Wildman–Crippen MR) is 68.3 cm³/mol. The SMILES string of the molecule is Cc1nc(/C=N/n2c(=S)[nH]nc(C)c2=O)cs1. The van der Waals surface area contributed by atoms with Crippen LogP contribution in [0.4, 0.5) is 0 Å². The van der Waals surface area contributed by atoms with Crippen LogP contribution < -0.4 is 5.56 Å². The Bertz CT molecular complexity index is 681. The average Bonchev–Trinajstić information content (AvgIpc) is 2.70. The Morgan fingerprint density at radius 3 is 3.00 bits per heavy atom. The van der Waals surface area contributed by atoms with Crippen LogP contribution in [-0.4, -0.2) is 26.1 Å². The molecule has 6 nitrogen and oxygen atoms in total.